The van der Waals surface area contributed by atoms with Crippen molar-refractivity contribution in [2.24, 2.45) is 0 Å². The van der Waals surface area contributed by atoms with E-state index in [1.807, 2.05) is 18.2 Å². The van der Waals surface area contributed by atoms with E-state index in [1.54, 1.807) is 36.0 Å². The SMILES string of the molecule is Cc1cc(N2CCN(C(=O)c3ccc(N(C)C)c([N+](=O)[O-])c3)CC2)nc2ccccc12. The number of rotatable bonds is 4. The molecule has 2 heterocycles. The number of piperazine rings is 1. The fourth-order valence-corrected chi connectivity index (χ4v) is 4.00. The van der Waals surface area contributed by atoms with E-state index in [-0.39, 0.29) is 11.6 Å². The molecule has 1 fully saturated rings. The number of carbonyl (C=O) groups is 1. The van der Waals surface area contributed by atoms with Crippen molar-refractivity contribution in [1.29, 1.82) is 0 Å². The molecule has 2 aromatic carbocycles. The van der Waals surface area contributed by atoms with Gasteiger partial charge in [-0.1, -0.05) is 18.2 Å². The lowest BCUT2D eigenvalue weighted by atomic mass is 10.1. The Morgan fingerprint density at radius 3 is 2.45 bits per heavy atom. The topological polar surface area (TPSA) is 82.8 Å². The molecule has 0 unspecified atom stereocenters. The number of carbonyl (C=O) groups excluding carboxylic acids is 1. The molecule has 31 heavy (non-hydrogen) atoms. The molecule has 0 atom stereocenters. The largest absolute Gasteiger partial charge is 0.372 e. The predicted octanol–water partition coefficient (Wildman–Crippen LogP) is 3.48. The van der Waals surface area contributed by atoms with Crippen LogP contribution >= 0.6 is 0 Å². The molecule has 1 aromatic heterocycles. The Bertz CT molecular complexity index is 1150. The molecule has 1 aliphatic rings. The van der Waals surface area contributed by atoms with Crippen LogP contribution in [-0.4, -0.2) is 61.0 Å². The van der Waals surface area contributed by atoms with Crippen molar-refractivity contribution in [2.75, 3.05) is 50.1 Å². The number of aryl methyl sites for hydroxylation is 1. The van der Waals surface area contributed by atoms with Crippen molar-refractivity contribution in [3.05, 3.63) is 69.8 Å². The van der Waals surface area contributed by atoms with Crippen LogP contribution in [0.1, 0.15) is 15.9 Å². The van der Waals surface area contributed by atoms with Gasteiger partial charge in [0.05, 0.1) is 10.4 Å². The average molecular weight is 419 g/mol. The molecule has 1 aliphatic heterocycles. The molecule has 1 amide bonds. The molecular weight excluding hydrogens is 394 g/mol. The first-order valence-electron chi connectivity index (χ1n) is 10.2. The number of hydrogen-bond donors (Lipinski definition) is 0. The molecule has 8 heteroatoms. The summed E-state index contributed by atoms with van der Waals surface area (Å²) in [7, 11) is 3.48. The van der Waals surface area contributed by atoms with E-state index >= 15 is 0 Å². The van der Waals surface area contributed by atoms with Gasteiger partial charge in [-0.25, -0.2) is 4.98 Å². The van der Waals surface area contributed by atoms with E-state index in [0.29, 0.717) is 37.4 Å². The second-order valence-electron chi connectivity index (χ2n) is 7.95. The number of nitro benzene ring substituents is 1. The summed E-state index contributed by atoms with van der Waals surface area (Å²) in [5, 5.41) is 12.6. The number of aromatic nitrogens is 1. The summed E-state index contributed by atoms with van der Waals surface area (Å²) in [6, 6.07) is 14.8. The number of para-hydroxylation sites is 1. The van der Waals surface area contributed by atoms with Crippen molar-refractivity contribution >= 4 is 34.0 Å². The Balaban J connectivity index is 1.49. The quantitative estimate of drug-likeness (QED) is 0.476. The van der Waals surface area contributed by atoms with Gasteiger partial charge in [-0.3, -0.25) is 14.9 Å². The molecule has 160 valence electrons. The highest BCUT2D eigenvalue weighted by molar-refractivity contribution is 5.96. The van der Waals surface area contributed by atoms with Gasteiger partial charge < -0.3 is 14.7 Å². The number of fused-ring (bicyclic) bond motifs is 1. The number of anilines is 2. The molecule has 0 radical (unpaired) electrons. The van der Waals surface area contributed by atoms with Crippen LogP contribution in [0.15, 0.2) is 48.5 Å². The van der Waals surface area contributed by atoms with Crippen molar-refractivity contribution in [1.82, 2.24) is 9.88 Å². The molecule has 0 N–H and O–H groups in total. The number of benzene rings is 2. The predicted molar refractivity (Wildman–Crippen MR) is 122 cm³/mol. The monoisotopic (exact) mass is 419 g/mol. The maximum Gasteiger partial charge on any atom is 0.293 e. The number of nitro groups is 1. The summed E-state index contributed by atoms with van der Waals surface area (Å²) in [5.41, 5.74) is 2.89. The number of pyridine rings is 1. The van der Waals surface area contributed by atoms with Gasteiger partial charge >= 0.3 is 0 Å². The summed E-state index contributed by atoms with van der Waals surface area (Å²) >= 11 is 0. The van der Waals surface area contributed by atoms with Gasteiger partial charge in [0.2, 0.25) is 0 Å². The molecule has 0 spiro atoms. The lowest BCUT2D eigenvalue weighted by Gasteiger charge is -2.35. The minimum Gasteiger partial charge on any atom is -0.372 e. The van der Waals surface area contributed by atoms with E-state index in [4.69, 9.17) is 4.98 Å². The van der Waals surface area contributed by atoms with Crippen LogP contribution < -0.4 is 9.80 Å². The first-order chi connectivity index (χ1) is 14.8. The molecule has 0 bridgehead atoms. The highest BCUT2D eigenvalue weighted by Gasteiger charge is 2.26. The van der Waals surface area contributed by atoms with Crippen LogP contribution in [0, 0.1) is 17.0 Å². The van der Waals surface area contributed by atoms with Crippen LogP contribution in [0.5, 0.6) is 0 Å². The number of hydrogen-bond acceptors (Lipinski definition) is 6. The normalized spacial score (nSPS) is 14.0. The first kappa shape index (κ1) is 20.6. The zero-order chi connectivity index (χ0) is 22.1. The number of amides is 1. The molecule has 0 aliphatic carbocycles. The highest BCUT2D eigenvalue weighted by Crippen LogP contribution is 2.29. The lowest BCUT2D eigenvalue weighted by Crippen LogP contribution is -2.49. The highest BCUT2D eigenvalue weighted by atomic mass is 16.6. The molecule has 1 saturated heterocycles. The summed E-state index contributed by atoms with van der Waals surface area (Å²) in [6.45, 7) is 4.48. The zero-order valence-corrected chi connectivity index (χ0v) is 17.9. The van der Waals surface area contributed by atoms with Crippen LogP contribution in [-0.2, 0) is 0 Å². The number of nitrogens with zero attached hydrogens (tertiary/aromatic N) is 5. The Morgan fingerprint density at radius 2 is 1.77 bits per heavy atom. The molecular formula is C23H25N5O3. The van der Waals surface area contributed by atoms with E-state index in [0.717, 1.165) is 16.7 Å². The lowest BCUT2D eigenvalue weighted by molar-refractivity contribution is -0.384. The Kier molecular flexibility index (Phi) is 5.46. The maximum absolute atomic E-state index is 13.0. The smallest absolute Gasteiger partial charge is 0.293 e. The molecule has 4 rings (SSSR count). The van der Waals surface area contributed by atoms with Gasteiger partial charge in [-0.2, -0.15) is 0 Å². The Labute approximate surface area is 180 Å². The Morgan fingerprint density at radius 1 is 1.06 bits per heavy atom. The van der Waals surface area contributed by atoms with E-state index < -0.39 is 4.92 Å². The second-order valence-corrected chi connectivity index (χ2v) is 7.95. The van der Waals surface area contributed by atoms with Gasteiger partial charge in [-0.15, -0.1) is 0 Å². The minimum absolute atomic E-state index is 0.0645. The zero-order valence-electron chi connectivity index (χ0n) is 17.9. The average Bonchev–Trinajstić information content (AvgIpc) is 2.78. The van der Waals surface area contributed by atoms with E-state index in [1.165, 1.54) is 11.6 Å². The van der Waals surface area contributed by atoms with Crippen molar-refractivity contribution in [3.8, 4) is 0 Å². The van der Waals surface area contributed by atoms with Crippen molar-refractivity contribution in [2.45, 2.75) is 6.92 Å². The third kappa shape index (κ3) is 4.01. The standard InChI is InChI=1S/C23H25N5O3/c1-16-14-22(24-19-7-5-4-6-18(16)19)26-10-12-27(13-11-26)23(29)17-8-9-20(25(2)3)21(15-17)28(30)31/h4-9,14-15H,10-13H2,1-3H3. The van der Waals surface area contributed by atoms with Crippen LogP contribution in [0.4, 0.5) is 17.2 Å². The van der Waals surface area contributed by atoms with Crippen molar-refractivity contribution < 1.29 is 9.72 Å². The molecule has 0 saturated carbocycles. The first-order valence-corrected chi connectivity index (χ1v) is 10.2. The Hall–Kier alpha value is -3.68. The van der Waals surface area contributed by atoms with Crippen LogP contribution in [0.25, 0.3) is 10.9 Å². The van der Waals surface area contributed by atoms with Gasteiger partial charge in [0.25, 0.3) is 11.6 Å². The summed E-state index contributed by atoms with van der Waals surface area (Å²) in [6.07, 6.45) is 0. The summed E-state index contributed by atoms with van der Waals surface area (Å²) in [5.74, 6) is 0.727. The van der Waals surface area contributed by atoms with E-state index in [2.05, 4.69) is 24.0 Å². The maximum atomic E-state index is 13.0. The fourth-order valence-electron chi connectivity index (χ4n) is 4.00. The van der Waals surface area contributed by atoms with Gasteiger partial charge in [0.1, 0.15) is 11.5 Å². The third-order valence-corrected chi connectivity index (χ3v) is 5.70. The van der Waals surface area contributed by atoms with Gasteiger partial charge in [-0.05, 0) is 36.8 Å². The second kappa shape index (κ2) is 8.22. The third-order valence-electron chi connectivity index (χ3n) is 5.70. The molecule has 3 aromatic rings. The summed E-state index contributed by atoms with van der Waals surface area (Å²) < 4.78 is 0. The van der Waals surface area contributed by atoms with Crippen LogP contribution in [0.2, 0.25) is 0 Å². The van der Waals surface area contributed by atoms with Gasteiger partial charge in [0, 0.05) is 57.3 Å². The van der Waals surface area contributed by atoms with Crippen LogP contribution in [0.3, 0.4) is 0 Å². The summed E-state index contributed by atoms with van der Waals surface area (Å²) in [4.78, 5) is 34.4. The minimum atomic E-state index is -0.447. The van der Waals surface area contributed by atoms with Crippen molar-refractivity contribution in [3.63, 3.8) is 0 Å². The molecule has 8 nitrogen and oxygen atoms in total. The van der Waals surface area contributed by atoms with Gasteiger partial charge in [0.15, 0.2) is 0 Å². The fraction of sp³-hybridized carbons (Fsp3) is 0.304. The van der Waals surface area contributed by atoms with E-state index in [9.17, 15) is 14.9 Å².